The molecule has 0 aromatic rings. The zero-order valence-electron chi connectivity index (χ0n) is 52.7. The van der Waals surface area contributed by atoms with Gasteiger partial charge in [-0.05, 0) is 82.3 Å². The van der Waals surface area contributed by atoms with E-state index in [0.29, 0.717) is 19.4 Å². The lowest BCUT2D eigenvalue weighted by Crippen LogP contribution is -2.62. The van der Waals surface area contributed by atoms with Gasteiger partial charge >= 0.3 is 23.9 Å². The summed E-state index contributed by atoms with van der Waals surface area (Å²) in [5, 5.41) is 100. The number of carboxylic acids is 4. The lowest BCUT2D eigenvalue weighted by molar-refractivity contribution is -0.146. The van der Waals surface area contributed by atoms with E-state index in [9.17, 15) is 107 Å². The van der Waals surface area contributed by atoms with E-state index in [4.69, 9.17) is 33.5 Å². The van der Waals surface area contributed by atoms with Gasteiger partial charge in [0.1, 0.15) is 66.5 Å². The van der Waals surface area contributed by atoms with Crippen molar-refractivity contribution in [2.45, 2.75) is 176 Å². The molecular weight excluding hydrogens is 1290 g/mol. The number of likely N-dealkylation sites (tertiary alicyclic amines) is 1. The van der Waals surface area contributed by atoms with E-state index < -0.39 is 225 Å². The molecule has 1 fully saturated rings. The van der Waals surface area contributed by atoms with Crippen molar-refractivity contribution < 1.29 is 112 Å². The summed E-state index contributed by atoms with van der Waals surface area (Å²) in [6.07, 6.45) is -1.80. The molecule has 1 heterocycles. The summed E-state index contributed by atoms with van der Waals surface area (Å²) in [5.41, 5.74) is 22.1. The smallest absolute Gasteiger partial charge is 0.326 e. The molecule has 0 aliphatic carbocycles. The minimum atomic E-state index is -2.11. The van der Waals surface area contributed by atoms with Crippen LogP contribution < -0.4 is 81.4 Å². The average Bonchev–Trinajstić information content (AvgIpc) is 1.77. The SMILES string of the molecule is CSCC[C@H](NC(=O)[C@H](CO)NC(=O)[C@H](CC(N)=O)NC(=O)[C@H](CO)NC(=O)[C@H](CO)NC(=O)[C@H](CC(=O)O)NC(=O)[C@H](CCCNC(=N)N)NC(=O)[C@@H](N)CCCCN)C(=O)N[C@@H](CC(=O)O)C(=O)N[C@@H](CC(C)C)C(=O)N1CCC[C@H]1C(=O)N[C@@H](CCC(=O)O)C(=O)O. The molecule has 0 aromatic carbocycles. The van der Waals surface area contributed by atoms with Gasteiger partial charge in [-0.1, -0.05) is 20.3 Å². The Morgan fingerprint density at radius 1 is 0.516 bits per heavy atom. The molecule has 40 nitrogen and oxygen atoms in total. The quantitative estimate of drug-likeness (QED) is 0.0153. The number of hydrogen-bond donors (Lipinski definition) is 23. The van der Waals surface area contributed by atoms with Crippen LogP contribution in [0.5, 0.6) is 0 Å². The number of guanidine groups is 1. The highest BCUT2D eigenvalue weighted by atomic mass is 32.2. The Morgan fingerprint density at radius 3 is 1.35 bits per heavy atom. The molecule has 1 aliphatic heterocycles. The molecule has 0 saturated carbocycles. The molecule has 0 unspecified atom stereocenters. The second-order valence-corrected chi connectivity index (χ2v) is 23.3. The molecule has 41 heteroatoms. The van der Waals surface area contributed by atoms with Gasteiger partial charge in [-0.25, -0.2) is 4.79 Å². The van der Waals surface area contributed by atoms with E-state index >= 15 is 0 Å². The van der Waals surface area contributed by atoms with E-state index in [-0.39, 0.29) is 69.7 Å². The van der Waals surface area contributed by atoms with E-state index in [1.165, 1.54) is 0 Å². The predicted molar refractivity (Wildman–Crippen MR) is 331 cm³/mol. The maximum atomic E-state index is 14.1. The average molecular weight is 1380 g/mol. The minimum Gasteiger partial charge on any atom is -0.481 e. The summed E-state index contributed by atoms with van der Waals surface area (Å²) in [5.74, 6) is -21.2. The van der Waals surface area contributed by atoms with Crippen molar-refractivity contribution in [2.75, 3.05) is 51.5 Å². The number of rotatable bonds is 47. The third-order valence-corrected chi connectivity index (χ3v) is 14.7. The second-order valence-electron chi connectivity index (χ2n) is 22.3. The van der Waals surface area contributed by atoms with Crippen molar-refractivity contribution in [1.29, 1.82) is 5.41 Å². The topological polar surface area (TPSA) is 678 Å². The summed E-state index contributed by atoms with van der Waals surface area (Å²) in [6, 6.07) is -20.9. The number of carbonyl (C=O) groups is 16. The molecule has 95 heavy (non-hydrogen) atoms. The van der Waals surface area contributed by atoms with Crippen LogP contribution in [0.3, 0.4) is 0 Å². The molecule has 0 aromatic heterocycles. The Bertz CT molecular complexity index is 2710. The van der Waals surface area contributed by atoms with Crippen molar-refractivity contribution >= 4 is 112 Å². The number of hydrogen-bond acceptors (Lipinski definition) is 23. The number of amides is 12. The Balaban J connectivity index is 3.35. The fourth-order valence-electron chi connectivity index (χ4n) is 9.15. The van der Waals surface area contributed by atoms with Gasteiger partial charge in [-0.15, -0.1) is 0 Å². The van der Waals surface area contributed by atoms with Crippen molar-refractivity contribution in [3.8, 4) is 0 Å². The van der Waals surface area contributed by atoms with Gasteiger partial charge in [-0.2, -0.15) is 11.8 Å². The fourth-order valence-corrected chi connectivity index (χ4v) is 9.62. The van der Waals surface area contributed by atoms with Crippen molar-refractivity contribution in [3.05, 3.63) is 0 Å². The molecule has 12 atom stereocenters. The zero-order chi connectivity index (χ0) is 72.2. The highest BCUT2D eigenvalue weighted by molar-refractivity contribution is 7.98. The summed E-state index contributed by atoms with van der Waals surface area (Å²) < 4.78 is 0. The molecule has 1 rings (SSSR count). The van der Waals surface area contributed by atoms with Gasteiger partial charge in [0.15, 0.2) is 5.96 Å². The summed E-state index contributed by atoms with van der Waals surface area (Å²) in [6.45, 7) is -0.209. The summed E-state index contributed by atoms with van der Waals surface area (Å²) in [4.78, 5) is 210. The standard InChI is InChI=1S/C54H91N17O23S/c1-25(2)18-33(52(92)71-16-7-10-37(71)51(91)63-29(53(93)94)11-12-39(76)77)67-46(86)31(20-40(78)79)66-44(84)28(13-17-95-3)62-48(88)34(22-72)68-45(85)30(19-38(57)75)64-49(89)35(23-73)70-50(90)36(24-74)69-47(87)32(21-41(80)81)65-43(83)27(9-6-15-60-54(58)59)61-42(82)26(56)8-4-5-14-55/h25-37,72-74H,4-24,55-56H2,1-3H3,(H2,57,75)(H,61,82)(H,62,88)(H,63,91)(H,64,89)(H,65,83)(H,66,84)(H,67,86)(H,68,85)(H,69,87)(H,70,90)(H,76,77)(H,78,79)(H,80,81)(H,93,94)(H4,58,59,60)/t26-,27-,28-,29-,30-,31-,32-,33-,34-,35-,36-,37-/m0/s1. The van der Waals surface area contributed by atoms with Crippen molar-refractivity contribution in [3.63, 3.8) is 0 Å². The monoisotopic (exact) mass is 1380 g/mol. The fraction of sp³-hybridized carbons (Fsp3) is 0.685. The first-order valence-corrected chi connectivity index (χ1v) is 31.4. The number of unbranched alkanes of at least 4 members (excludes halogenated alkanes) is 1. The molecule has 1 aliphatic rings. The van der Waals surface area contributed by atoms with Crippen LogP contribution in [-0.4, -0.2) is 265 Å². The second kappa shape index (κ2) is 43.8. The van der Waals surface area contributed by atoms with Crippen LogP contribution in [0.15, 0.2) is 0 Å². The Morgan fingerprint density at radius 2 is 0.937 bits per heavy atom. The molecule has 12 amide bonds. The van der Waals surface area contributed by atoms with Gasteiger partial charge in [0.25, 0.3) is 0 Å². The number of thioether (sulfide) groups is 1. The lowest BCUT2D eigenvalue weighted by atomic mass is 10.0. The minimum absolute atomic E-state index is 0.0332. The molecule has 1 saturated heterocycles. The molecule has 27 N–H and O–H groups in total. The Labute approximate surface area is 548 Å². The van der Waals surface area contributed by atoms with Gasteiger partial charge in [0.2, 0.25) is 70.9 Å². The number of nitrogens with two attached hydrogens (primary N) is 4. The summed E-state index contributed by atoms with van der Waals surface area (Å²) in [7, 11) is 0. The highest BCUT2D eigenvalue weighted by Gasteiger charge is 2.41. The van der Waals surface area contributed by atoms with Crippen LogP contribution in [-0.2, 0) is 76.7 Å². The third kappa shape index (κ3) is 31.6. The van der Waals surface area contributed by atoms with Gasteiger partial charge in [0.05, 0.1) is 45.1 Å². The van der Waals surface area contributed by atoms with E-state index in [0.717, 1.165) is 16.7 Å². The first kappa shape index (κ1) is 84.0. The molecule has 0 radical (unpaired) electrons. The van der Waals surface area contributed by atoms with E-state index in [1.807, 2.05) is 21.3 Å². The lowest BCUT2D eigenvalue weighted by Gasteiger charge is -2.31. The summed E-state index contributed by atoms with van der Waals surface area (Å²) >= 11 is 1.15. The largest absolute Gasteiger partial charge is 0.481 e. The van der Waals surface area contributed by atoms with E-state index in [2.05, 4.69) is 37.2 Å². The number of carboxylic acid groups (broad SMARTS) is 4. The number of primary amides is 1. The number of nitrogens with one attached hydrogen (secondary N) is 12. The van der Waals surface area contributed by atoms with Crippen molar-refractivity contribution in [1.82, 2.24) is 63.4 Å². The maximum absolute atomic E-state index is 14.1. The molecule has 536 valence electrons. The van der Waals surface area contributed by atoms with Crippen LogP contribution in [0.1, 0.15) is 104 Å². The number of aliphatic carboxylic acids is 4. The third-order valence-electron chi connectivity index (χ3n) is 14.1. The van der Waals surface area contributed by atoms with E-state index in [1.54, 1.807) is 20.1 Å². The van der Waals surface area contributed by atoms with Gasteiger partial charge in [-0.3, -0.25) is 77.3 Å². The molecule has 0 bridgehead atoms. The zero-order valence-corrected chi connectivity index (χ0v) is 53.5. The number of carbonyl (C=O) groups excluding carboxylic acids is 12. The van der Waals surface area contributed by atoms with Crippen LogP contribution in [0.2, 0.25) is 0 Å². The van der Waals surface area contributed by atoms with Gasteiger partial charge < -0.3 is 122 Å². The van der Waals surface area contributed by atoms with Crippen LogP contribution in [0, 0.1) is 11.3 Å². The molecule has 0 spiro atoms. The number of aliphatic hydroxyl groups is 3. The first-order valence-electron chi connectivity index (χ1n) is 30.0. The number of nitrogens with zero attached hydrogens (tertiary/aromatic N) is 1. The van der Waals surface area contributed by atoms with Gasteiger partial charge in [0, 0.05) is 19.5 Å². The van der Waals surface area contributed by atoms with Crippen LogP contribution in [0.25, 0.3) is 0 Å². The number of aliphatic hydroxyl groups excluding tert-OH is 3. The maximum Gasteiger partial charge on any atom is 0.326 e. The normalized spacial score (nSPS) is 16.1. The highest BCUT2D eigenvalue weighted by Crippen LogP contribution is 2.22. The Hall–Kier alpha value is -9.06. The first-order chi connectivity index (χ1) is 44.6. The van der Waals surface area contributed by atoms with Crippen LogP contribution >= 0.6 is 11.8 Å². The predicted octanol–water partition coefficient (Wildman–Crippen LogP) is -9.90. The van der Waals surface area contributed by atoms with Crippen LogP contribution in [0.4, 0.5) is 0 Å². The molecular formula is C54H91N17O23S. The van der Waals surface area contributed by atoms with Crippen molar-refractivity contribution in [2.24, 2.45) is 28.9 Å². The Kier molecular flexibility index (Phi) is 38.7.